The predicted molar refractivity (Wildman–Crippen MR) is 124 cm³/mol. The Labute approximate surface area is 204 Å². The molecule has 2 heterocycles. The van der Waals surface area contributed by atoms with Crippen molar-refractivity contribution in [2.24, 2.45) is 0 Å². The molecule has 1 N–H and O–H groups in total. The fraction of sp³-hybridized carbons (Fsp3) is 0.292. The summed E-state index contributed by atoms with van der Waals surface area (Å²) >= 11 is 6.37. The van der Waals surface area contributed by atoms with E-state index in [0.717, 1.165) is 12.8 Å². The monoisotopic (exact) mass is 506 g/mol. The third-order valence-corrected chi connectivity index (χ3v) is 5.96. The van der Waals surface area contributed by atoms with Crippen molar-refractivity contribution in [2.75, 3.05) is 11.9 Å². The summed E-state index contributed by atoms with van der Waals surface area (Å²) < 4.78 is 44.1. The number of hydrogen-bond donors (Lipinski definition) is 1. The first kappa shape index (κ1) is 24.6. The van der Waals surface area contributed by atoms with Crippen LogP contribution in [0.5, 0.6) is 5.75 Å². The third-order valence-electron chi connectivity index (χ3n) is 5.64. The molecule has 0 aliphatic carbocycles. The highest BCUT2D eigenvalue weighted by atomic mass is 35.5. The summed E-state index contributed by atoms with van der Waals surface area (Å²) in [6.45, 7) is 0.561. The van der Waals surface area contributed by atoms with Gasteiger partial charge in [-0.1, -0.05) is 35.9 Å². The quantitative estimate of drug-likeness (QED) is 0.503. The summed E-state index contributed by atoms with van der Waals surface area (Å²) in [4.78, 5) is 31.3. The Morgan fingerprint density at radius 1 is 1.14 bits per heavy atom. The normalized spacial score (nSPS) is 16.1. The number of ether oxygens (including phenoxy) is 1. The molecule has 1 atom stereocenters. The van der Waals surface area contributed by atoms with E-state index in [1.54, 1.807) is 40.3 Å². The maximum Gasteiger partial charge on any atom is 0.573 e. The lowest BCUT2D eigenvalue weighted by Gasteiger charge is -2.34. The minimum Gasteiger partial charge on any atom is -0.405 e. The highest BCUT2D eigenvalue weighted by Crippen LogP contribution is 2.38. The van der Waals surface area contributed by atoms with E-state index in [1.807, 2.05) is 0 Å². The van der Waals surface area contributed by atoms with Gasteiger partial charge in [0.2, 0.25) is 11.8 Å². The van der Waals surface area contributed by atoms with Gasteiger partial charge >= 0.3 is 6.36 Å². The first-order valence-electron chi connectivity index (χ1n) is 10.9. The molecule has 1 saturated heterocycles. The van der Waals surface area contributed by atoms with Crippen molar-refractivity contribution < 1.29 is 27.5 Å². The Hall–Kier alpha value is -3.53. The van der Waals surface area contributed by atoms with Crippen molar-refractivity contribution in [1.82, 2.24) is 14.5 Å². The molecule has 0 spiro atoms. The summed E-state index contributed by atoms with van der Waals surface area (Å²) in [5.41, 5.74) is 0.848. The number of imidazole rings is 1. The van der Waals surface area contributed by atoms with Crippen LogP contribution in [-0.4, -0.2) is 45.2 Å². The lowest BCUT2D eigenvalue weighted by molar-refractivity contribution is -0.274. The number of para-hydroxylation sites is 1. The van der Waals surface area contributed by atoms with Crippen LogP contribution in [0.2, 0.25) is 5.02 Å². The molecule has 1 aliphatic rings. The van der Waals surface area contributed by atoms with Crippen LogP contribution in [0.15, 0.2) is 61.2 Å². The van der Waals surface area contributed by atoms with Gasteiger partial charge in [0, 0.05) is 35.8 Å². The Balaban J connectivity index is 1.49. The number of halogens is 4. The number of carbonyl (C=O) groups is 2. The summed E-state index contributed by atoms with van der Waals surface area (Å²) in [5, 5.41) is 2.92. The molecule has 3 aromatic rings. The fourth-order valence-electron chi connectivity index (χ4n) is 4.07. The molecular weight excluding hydrogens is 485 g/mol. The molecular formula is C24H22ClF3N4O3. The number of nitrogens with zero attached hydrogens (tertiary/aromatic N) is 3. The van der Waals surface area contributed by atoms with Gasteiger partial charge < -0.3 is 19.5 Å². The molecule has 1 aromatic heterocycles. The van der Waals surface area contributed by atoms with Gasteiger partial charge in [0.05, 0.1) is 11.3 Å². The van der Waals surface area contributed by atoms with Gasteiger partial charge in [-0.25, -0.2) is 4.98 Å². The molecule has 2 amide bonds. The Morgan fingerprint density at radius 3 is 2.66 bits per heavy atom. The lowest BCUT2D eigenvalue weighted by atomic mass is 10.0. The van der Waals surface area contributed by atoms with E-state index in [-0.39, 0.29) is 34.7 Å². The number of hydrogen-bond acceptors (Lipinski definition) is 4. The van der Waals surface area contributed by atoms with Crippen LogP contribution in [0.4, 0.5) is 18.9 Å². The van der Waals surface area contributed by atoms with Crippen LogP contribution in [0.1, 0.15) is 19.3 Å². The molecule has 184 valence electrons. The summed E-state index contributed by atoms with van der Waals surface area (Å²) in [7, 11) is 0. The summed E-state index contributed by atoms with van der Waals surface area (Å²) in [6, 6.07) is 9.54. The minimum absolute atomic E-state index is 0.0870. The number of amides is 2. The molecule has 2 aromatic carbocycles. The second-order valence-corrected chi connectivity index (χ2v) is 8.47. The van der Waals surface area contributed by atoms with E-state index in [4.69, 9.17) is 11.6 Å². The van der Waals surface area contributed by atoms with E-state index in [0.29, 0.717) is 24.2 Å². The maximum atomic E-state index is 13.0. The number of likely N-dealkylation sites (tertiary alicyclic amines) is 1. The van der Waals surface area contributed by atoms with Gasteiger partial charge in [0.15, 0.2) is 0 Å². The van der Waals surface area contributed by atoms with Crippen molar-refractivity contribution in [1.29, 1.82) is 0 Å². The number of carbonyl (C=O) groups excluding carboxylic acids is 2. The molecule has 0 saturated carbocycles. The number of alkyl halides is 3. The first-order chi connectivity index (χ1) is 16.7. The predicted octanol–water partition coefficient (Wildman–Crippen LogP) is 5.12. The van der Waals surface area contributed by atoms with E-state index < -0.39 is 12.4 Å². The van der Waals surface area contributed by atoms with Crippen molar-refractivity contribution in [3.63, 3.8) is 0 Å². The van der Waals surface area contributed by atoms with Crippen LogP contribution >= 0.6 is 11.6 Å². The lowest BCUT2D eigenvalue weighted by Crippen LogP contribution is -2.50. The van der Waals surface area contributed by atoms with Crippen LogP contribution in [0.3, 0.4) is 0 Å². The van der Waals surface area contributed by atoms with Gasteiger partial charge in [-0.15, -0.1) is 13.2 Å². The second-order valence-electron chi connectivity index (χ2n) is 8.06. The highest BCUT2D eigenvalue weighted by molar-refractivity contribution is 6.33. The third kappa shape index (κ3) is 6.13. The van der Waals surface area contributed by atoms with E-state index in [2.05, 4.69) is 15.0 Å². The molecule has 0 bridgehead atoms. The van der Waals surface area contributed by atoms with Crippen molar-refractivity contribution in [2.45, 2.75) is 38.2 Å². The van der Waals surface area contributed by atoms with Gasteiger partial charge in [0.1, 0.15) is 18.3 Å². The SMILES string of the molecule is O=C(Nc1ccc(-c2ccccc2OC(F)(F)F)c(Cl)c1)[C@H]1CCCCN1C(=O)Cn1ccnc1. The topological polar surface area (TPSA) is 76.5 Å². The zero-order valence-electron chi connectivity index (χ0n) is 18.5. The van der Waals surface area contributed by atoms with Gasteiger partial charge in [-0.05, 0) is 37.5 Å². The smallest absolute Gasteiger partial charge is 0.405 e. The van der Waals surface area contributed by atoms with Crippen LogP contribution in [0, 0.1) is 0 Å². The molecule has 4 rings (SSSR count). The number of aromatic nitrogens is 2. The van der Waals surface area contributed by atoms with Crippen molar-refractivity contribution >= 4 is 29.1 Å². The van der Waals surface area contributed by atoms with Crippen molar-refractivity contribution in [3.05, 3.63) is 66.2 Å². The number of nitrogens with one attached hydrogen (secondary N) is 1. The summed E-state index contributed by atoms with van der Waals surface area (Å²) in [6.07, 6.45) is 2.08. The average molecular weight is 507 g/mol. The Bertz CT molecular complexity index is 1200. The molecule has 0 radical (unpaired) electrons. The standard InChI is InChI=1S/C24H22ClF3N4O3/c25-19-13-16(8-9-17(19)18-5-1-2-7-21(18)35-24(26,27)28)30-23(34)20-6-3-4-11-32(20)22(33)14-31-12-10-29-15-31/h1-2,5,7-10,12-13,15,20H,3-4,6,11,14H2,(H,30,34)/t20-/m1/s1. The van der Waals surface area contributed by atoms with Gasteiger partial charge in [0.25, 0.3) is 0 Å². The molecule has 11 heteroatoms. The largest absolute Gasteiger partial charge is 0.573 e. The van der Waals surface area contributed by atoms with Crippen LogP contribution in [-0.2, 0) is 16.1 Å². The van der Waals surface area contributed by atoms with Crippen LogP contribution < -0.4 is 10.1 Å². The minimum atomic E-state index is -4.85. The van der Waals surface area contributed by atoms with Crippen molar-refractivity contribution in [3.8, 4) is 16.9 Å². The Morgan fingerprint density at radius 2 is 1.94 bits per heavy atom. The van der Waals surface area contributed by atoms with E-state index >= 15 is 0 Å². The molecule has 1 aliphatic heterocycles. The zero-order chi connectivity index (χ0) is 25.0. The van der Waals surface area contributed by atoms with Gasteiger partial charge in [-0.3, -0.25) is 9.59 Å². The Kier molecular flexibility index (Phi) is 7.30. The first-order valence-corrected chi connectivity index (χ1v) is 11.3. The summed E-state index contributed by atoms with van der Waals surface area (Å²) in [5.74, 6) is -0.918. The molecule has 35 heavy (non-hydrogen) atoms. The number of benzene rings is 2. The zero-order valence-corrected chi connectivity index (χ0v) is 19.2. The molecule has 7 nitrogen and oxygen atoms in total. The van der Waals surface area contributed by atoms with E-state index in [1.165, 1.54) is 30.3 Å². The maximum absolute atomic E-state index is 13.0. The number of rotatable bonds is 6. The second kappa shape index (κ2) is 10.4. The molecule has 1 fully saturated rings. The van der Waals surface area contributed by atoms with E-state index in [9.17, 15) is 22.8 Å². The average Bonchev–Trinajstić information content (AvgIpc) is 3.32. The molecule has 0 unspecified atom stereocenters. The highest BCUT2D eigenvalue weighted by Gasteiger charge is 2.33. The van der Waals surface area contributed by atoms with Gasteiger partial charge in [-0.2, -0.15) is 0 Å². The van der Waals surface area contributed by atoms with Crippen LogP contribution in [0.25, 0.3) is 11.1 Å². The fourth-order valence-corrected chi connectivity index (χ4v) is 4.35. The number of anilines is 1. The number of piperidine rings is 1.